The molecule has 1 unspecified atom stereocenters. The van der Waals surface area contributed by atoms with Crippen molar-refractivity contribution in [3.63, 3.8) is 0 Å². The van der Waals surface area contributed by atoms with Gasteiger partial charge in [-0.1, -0.05) is 37.6 Å². The molecule has 1 heterocycles. The molecule has 0 aromatic heterocycles. The zero-order valence-corrected chi connectivity index (χ0v) is 11.0. The fraction of sp³-hybridized carbons (Fsp3) is 0.500. The summed E-state index contributed by atoms with van der Waals surface area (Å²) in [5.74, 6) is 0.690. The van der Waals surface area contributed by atoms with Crippen LogP contribution in [0.5, 0.6) is 0 Å². The van der Waals surface area contributed by atoms with E-state index in [4.69, 9.17) is 0 Å². The van der Waals surface area contributed by atoms with E-state index in [0.717, 1.165) is 6.54 Å². The Kier molecular flexibility index (Phi) is 2.59. The largest absolute Gasteiger partial charge is 0.310 e. The third kappa shape index (κ3) is 1.73. The molecule has 17 heavy (non-hydrogen) atoms. The van der Waals surface area contributed by atoms with Gasteiger partial charge < -0.3 is 5.32 Å². The van der Waals surface area contributed by atoms with Gasteiger partial charge in [0.15, 0.2) is 0 Å². The number of nitrogens with one attached hydrogen (secondary N) is 1. The molecule has 0 amide bonds. The van der Waals surface area contributed by atoms with Crippen molar-refractivity contribution >= 4 is 5.57 Å². The van der Waals surface area contributed by atoms with E-state index in [1.54, 1.807) is 11.1 Å². The summed E-state index contributed by atoms with van der Waals surface area (Å²) in [5, 5.41) is 3.68. The van der Waals surface area contributed by atoms with Gasteiger partial charge in [0.05, 0.1) is 0 Å². The lowest BCUT2D eigenvalue weighted by Crippen LogP contribution is -2.39. The summed E-state index contributed by atoms with van der Waals surface area (Å²) in [6, 6.07) is 7.53. The smallest absolute Gasteiger partial charge is 0.0312 e. The lowest BCUT2D eigenvalue weighted by atomic mass is 9.88. The molecular formula is C16H21N. The standard InChI is InChI=1S/C16H21N/c1-10(2)16-15-9-12-5-4-11(3)8-14(12)13(15)6-7-17-16/h4-5,8,10,16-17H,6-7,9H2,1-3H3. The third-order valence-electron chi connectivity index (χ3n) is 4.14. The van der Waals surface area contributed by atoms with E-state index < -0.39 is 0 Å². The summed E-state index contributed by atoms with van der Waals surface area (Å²) in [4.78, 5) is 0. The van der Waals surface area contributed by atoms with Crippen LogP contribution >= 0.6 is 0 Å². The summed E-state index contributed by atoms with van der Waals surface area (Å²) in [6.07, 6.45) is 2.37. The van der Waals surface area contributed by atoms with Crippen LogP contribution in [-0.4, -0.2) is 12.6 Å². The van der Waals surface area contributed by atoms with Gasteiger partial charge >= 0.3 is 0 Å². The monoisotopic (exact) mass is 227 g/mol. The second kappa shape index (κ2) is 3.99. The van der Waals surface area contributed by atoms with Crippen molar-refractivity contribution in [1.82, 2.24) is 5.32 Å². The van der Waals surface area contributed by atoms with E-state index in [2.05, 4.69) is 44.3 Å². The van der Waals surface area contributed by atoms with Gasteiger partial charge in [-0.25, -0.2) is 0 Å². The van der Waals surface area contributed by atoms with E-state index in [1.807, 2.05) is 0 Å². The highest BCUT2D eigenvalue weighted by atomic mass is 14.9. The highest BCUT2D eigenvalue weighted by Gasteiger charge is 2.31. The SMILES string of the molecule is Cc1ccc2c(c1)C1=C(C2)C(C(C)C)NCC1. The molecule has 0 bridgehead atoms. The zero-order valence-electron chi connectivity index (χ0n) is 11.0. The highest BCUT2D eigenvalue weighted by Crippen LogP contribution is 2.40. The normalized spacial score (nSPS) is 22.9. The summed E-state index contributed by atoms with van der Waals surface area (Å²) in [6.45, 7) is 7.97. The second-order valence-corrected chi connectivity index (χ2v) is 5.77. The molecule has 1 aromatic carbocycles. The molecule has 0 saturated heterocycles. The van der Waals surface area contributed by atoms with Gasteiger partial charge in [-0.3, -0.25) is 0 Å². The Balaban J connectivity index is 2.06. The molecule has 0 spiro atoms. The first-order valence-electron chi connectivity index (χ1n) is 6.72. The van der Waals surface area contributed by atoms with E-state index >= 15 is 0 Å². The first-order chi connectivity index (χ1) is 8.16. The third-order valence-corrected chi connectivity index (χ3v) is 4.14. The fourth-order valence-electron chi connectivity index (χ4n) is 3.32. The highest BCUT2D eigenvalue weighted by molar-refractivity contribution is 5.78. The Morgan fingerprint density at radius 3 is 2.88 bits per heavy atom. The van der Waals surface area contributed by atoms with Gasteiger partial charge in [0.25, 0.3) is 0 Å². The lowest BCUT2D eigenvalue weighted by Gasteiger charge is -2.29. The Labute approximate surface area is 104 Å². The van der Waals surface area contributed by atoms with E-state index in [0.29, 0.717) is 12.0 Å². The number of benzene rings is 1. The van der Waals surface area contributed by atoms with Gasteiger partial charge in [0, 0.05) is 6.04 Å². The average molecular weight is 227 g/mol. The Morgan fingerprint density at radius 1 is 1.29 bits per heavy atom. The minimum Gasteiger partial charge on any atom is -0.310 e. The first-order valence-corrected chi connectivity index (χ1v) is 6.72. The van der Waals surface area contributed by atoms with Crippen molar-refractivity contribution in [1.29, 1.82) is 0 Å². The maximum Gasteiger partial charge on any atom is 0.0312 e. The Bertz CT molecular complexity index is 482. The number of aryl methyl sites for hydroxylation is 1. The molecule has 1 aliphatic carbocycles. The van der Waals surface area contributed by atoms with Crippen LogP contribution in [-0.2, 0) is 6.42 Å². The second-order valence-electron chi connectivity index (χ2n) is 5.77. The van der Waals surface area contributed by atoms with Crippen LogP contribution in [0.4, 0.5) is 0 Å². The predicted octanol–water partition coefficient (Wildman–Crippen LogP) is 3.32. The molecular weight excluding hydrogens is 206 g/mol. The van der Waals surface area contributed by atoms with Crippen LogP contribution in [0, 0.1) is 12.8 Å². The predicted molar refractivity (Wildman–Crippen MR) is 73.0 cm³/mol. The Hall–Kier alpha value is -1.08. The molecule has 1 heteroatoms. The van der Waals surface area contributed by atoms with Crippen LogP contribution < -0.4 is 5.32 Å². The summed E-state index contributed by atoms with van der Waals surface area (Å²) in [5.41, 5.74) is 7.76. The molecule has 90 valence electrons. The molecule has 2 aliphatic rings. The number of hydrogen-bond donors (Lipinski definition) is 1. The fourth-order valence-corrected chi connectivity index (χ4v) is 3.32. The van der Waals surface area contributed by atoms with Crippen LogP contribution in [0.15, 0.2) is 23.8 Å². The quantitative estimate of drug-likeness (QED) is 0.776. The Morgan fingerprint density at radius 2 is 2.12 bits per heavy atom. The van der Waals surface area contributed by atoms with E-state index in [1.165, 1.54) is 29.5 Å². The minimum atomic E-state index is 0.589. The topological polar surface area (TPSA) is 12.0 Å². The van der Waals surface area contributed by atoms with Gasteiger partial charge in [-0.05, 0) is 54.5 Å². The van der Waals surface area contributed by atoms with Crippen molar-refractivity contribution in [3.8, 4) is 0 Å². The van der Waals surface area contributed by atoms with E-state index in [-0.39, 0.29) is 0 Å². The molecule has 3 rings (SSSR count). The van der Waals surface area contributed by atoms with E-state index in [9.17, 15) is 0 Å². The van der Waals surface area contributed by atoms with Crippen LogP contribution in [0.2, 0.25) is 0 Å². The number of hydrogen-bond acceptors (Lipinski definition) is 1. The van der Waals surface area contributed by atoms with Gasteiger partial charge in [0.1, 0.15) is 0 Å². The number of rotatable bonds is 1. The summed E-state index contributed by atoms with van der Waals surface area (Å²) < 4.78 is 0. The number of fused-ring (bicyclic) bond motifs is 2. The van der Waals surface area contributed by atoms with Crippen molar-refractivity contribution in [2.45, 2.75) is 39.7 Å². The summed E-state index contributed by atoms with van der Waals surface area (Å²) in [7, 11) is 0. The maximum absolute atomic E-state index is 3.68. The molecule has 1 N–H and O–H groups in total. The molecule has 0 radical (unpaired) electrons. The van der Waals surface area contributed by atoms with Crippen molar-refractivity contribution < 1.29 is 0 Å². The van der Waals surface area contributed by atoms with Gasteiger partial charge in [0.2, 0.25) is 0 Å². The van der Waals surface area contributed by atoms with Crippen molar-refractivity contribution in [2.75, 3.05) is 6.54 Å². The molecule has 1 aliphatic heterocycles. The van der Waals surface area contributed by atoms with Crippen molar-refractivity contribution in [2.24, 2.45) is 5.92 Å². The lowest BCUT2D eigenvalue weighted by molar-refractivity contribution is 0.435. The van der Waals surface area contributed by atoms with Crippen molar-refractivity contribution in [3.05, 3.63) is 40.5 Å². The average Bonchev–Trinajstić information content (AvgIpc) is 2.66. The molecule has 1 atom stereocenters. The molecule has 1 nitrogen and oxygen atoms in total. The first kappa shape index (κ1) is 11.0. The molecule has 1 aromatic rings. The van der Waals surface area contributed by atoms with Gasteiger partial charge in [-0.15, -0.1) is 0 Å². The molecule has 0 fully saturated rings. The van der Waals surface area contributed by atoms with Crippen LogP contribution in [0.25, 0.3) is 5.57 Å². The van der Waals surface area contributed by atoms with Crippen LogP contribution in [0.1, 0.15) is 37.0 Å². The van der Waals surface area contributed by atoms with Crippen LogP contribution in [0.3, 0.4) is 0 Å². The minimum absolute atomic E-state index is 0.589. The maximum atomic E-state index is 3.68. The van der Waals surface area contributed by atoms with Gasteiger partial charge in [-0.2, -0.15) is 0 Å². The zero-order chi connectivity index (χ0) is 12.0. The molecule has 0 saturated carbocycles. The summed E-state index contributed by atoms with van der Waals surface area (Å²) >= 11 is 0.